The third-order valence-electron chi connectivity index (χ3n) is 3.28. The molecule has 1 aromatic carbocycles. The van der Waals surface area contributed by atoms with Crippen LogP contribution in [0.1, 0.15) is 11.5 Å². The summed E-state index contributed by atoms with van der Waals surface area (Å²) in [4.78, 5) is 13.9. The molecule has 0 aromatic heterocycles. The van der Waals surface area contributed by atoms with Crippen molar-refractivity contribution in [2.45, 2.75) is 5.92 Å². The van der Waals surface area contributed by atoms with Crippen molar-refractivity contribution >= 4 is 21.9 Å². The van der Waals surface area contributed by atoms with Crippen LogP contribution in [0.3, 0.4) is 0 Å². The summed E-state index contributed by atoms with van der Waals surface area (Å²) in [5.41, 5.74) is 1.19. The van der Waals surface area contributed by atoms with E-state index in [1.165, 1.54) is 12.7 Å². The summed E-state index contributed by atoms with van der Waals surface area (Å²) < 4.78 is 5.94. The number of benzene rings is 1. The van der Waals surface area contributed by atoms with Crippen LogP contribution < -0.4 is 0 Å². The molecular formula is C13H16BrNO2. The number of rotatable bonds is 2. The van der Waals surface area contributed by atoms with Crippen molar-refractivity contribution in [3.63, 3.8) is 0 Å². The first-order chi connectivity index (χ1) is 8.11. The molecule has 1 aliphatic rings. The summed E-state index contributed by atoms with van der Waals surface area (Å²) in [7, 11) is 3.49. The van der Waals surface area contributed by atoms with Crippen LogP contribution in [-0.4, -0.2) is 38.1 Å². The molecule has 0 N–H and O–H groups in total. The second-order valence-electron chi connectivity index (χ2n) is 4.51. The molecule has 4 heteroatoms. The molecule has 0 radical (unpaired) electrons. The van der Waals surface area contributed by atoms with Gasteiger partial charge in [-0.2, -0.15) is 0 Å². The summed E-state index contributed by atoms with van der Waals surface area (Å²) in [5.74, 6) is 0.0589. The maximum absolute atomic E-state index is 11.8. The second kappa shape index (κ2) is 5.19. The quantitative estimate of drug-likeness (QED) is 0.785. The number of carbonyl (C=O) groups is 1. The van der Waals surface area contributed by atoms with E-state index >= 15 is 0 Å². The molecule has 0 saturated carbocycles. The molecule has 1 fully saturated rings. The zero-order valence-corrected chi connectivity index (χ0v) is 11.6. The highest BCUT2D eigenvalue weighted by Crippen LogP contribution is 2.33. The molecule has 1 heterocycles. The number of methoxy groups -OCH3 is 1. The van der Waals surface area contributed by atoms with E-state index in [2.05, 4.69) is 33.0 Å². The van der Waals surface area contributed by atoms with Crippen molar-refractivity contribution in [2.75, 3.05) is 27.2 Å². The lowest BCUT2D eigenvalue weighted by Gasteiger charge is -2.16. The van der Waals surface area contributed by atoms with Gasteiger partial charge >= 0.3 is 5.97 Å². The topological polar surface area (TPSA) is 29.5 Å². The van der Waals surface area contributed by atoms with Gasteiger partial charge in [0.15, 0.2) is 0 Å². The summed E-state index contributed by atoms with van der Waals surface area (Å²) in [6.45, 7) is 1.67. The van der Waals surface area contributed by atoms with Gasteiger partial charge in [-0.15, -0.1) is 0 Å². The van der Waals surface area contributed by atoms with Crippen LogP contribution in [0, 0.1) is 5.92 Å². The maximum atomic E-state index is 11.8. The van der Waals surface area contributed by atoms with Crippen molar-refractivity contribution in [3.8, 4) is 0 Å². The van der Waals surface area contributed by atoms with Gasteiger partial charge in [-0.1, -0.05) is 28.1 Å². The van der Waals surface area contributed by atoms with Gasteiger partial charge < -0.3 is 9.64 Å². The van der Waals surface area contributed by atoms with Crippen LogP contribution >= 0.6 is 15.9 Å². The van der Waals surface area contributed by atoms with Crippen molar-refractivity contribution < 1.29 is 9.53 Å². The van der Waals surface area contributed by atoms with Gasteiger partial charge in [0, 0.05) is 23.5 Å². The largest absolute Gasteiger partial charge is 0.469 e. The molecule has 0 unspecified atom stereocenters. The van der Waals surface area contributed by atoms with Crippen LogP contribution in [-0.2, 0) is 9.53 Å². The van der Waals surface area contributed by atoms with Gasteiger partial charge in [0.1, 0.15) is 0 Å². The lowest BCUT2D eigenvalue weighted by molar-refractivity contribution is -0.145. The fourth-order valence-electron chi connectivity index (χ4n) is 2.47. The third kappa shape index (κ3) is 2.69. The van der Waals surface area contributed by atoms with Crippen molar-refractivity contribution in [2.24, 2.45) is 5.92 Å². The Hall–Kier alpha value is -0.870. The molecule has 0 amide bonds. The Morgan fingerprint density at radius 3 is 2.88 bits per heavy atom. The average Bonchev–Trinajstić information content (AvgIpc) is 2.70. The van der Waals surface area contributed by atoms with Gasteiger partial charge in [0.25, 0.3) is 0 Å². The zero-order chi connectivity index (χ0) is 12.4. The minimum atomic E-state index is -0.112. The normalized spacial score (nSPS) is 24.9. The van der Waals surface area contributed by atoms with Crippen LogP contribution in [0.25, 0.3) is 0 Å². The fourth-order valence-corrected chi connectivity index (χ4v) is 2.88. The third-order valence-corrected chi connectivity index (χ3v) is 3.78. The Bertz CT molecular complexity index is 422. The van der Waals surface area contributed by atoms with Crippen molar-refractivity contribution in [1.29, 1.82) is 0 Å². The van der Waals surface area contributed by atoms with E-state index in [0.29, 0.717) is 0 Å². The highest BCUT2D eigenvalue weighted by Gasteiger charge is 2.37. The lowest BCUT2D eigenvalue weighted by atomic mass is 9.89. The van der Waals surface area contributed by atoms with Gasteiger partial charge in [0.05, 0.1) is 13.0 Å². The SMILES string of the molecule is COC(=O)[C@H]1CN(C)C[C@H]1c1cccc(Br)c1. The Labute approximate surface area is 110 Å². The predicted molar refractivity (Wildman–Crippen MR) is 69.9 cm³/mol. The molecule has 17 heavy (non-hydrogen) atoms. The highest BCUT2D eigenvalue weighted by molar-refractivity contribution is 9.10. The van der Waals surface area contributed by atoms with Crippen LogP contribution in [0.5, 0.6) is 0 Å². The molecule has 2 rings (SSSR count). The molecule has 0 aliphatic carbocycles. The average molecular weight is 298 g/mol. The van der Waals surface area contributed by atoms with Gasteiger partial charge in [-0.3, -0.25) is 4.79 Å². The summed E-state index contributed by atoms with van der Waals surface area (Å²) in [6.07, 6.45) is 0. The van der Waals surface area contributed by atoms with Crippen molar-refractivity contribution in [3.05, 3.63) is 34.3 Å². The molecule has 2 atom stereocenters. The minimum Gasteiger partial charge on any atom is -0.469 e. The molecule has 0 bridgehead atoms. The first-order valence-electron chi connectivity index (χ1n) is 5.63. The Kier molecular flexibility index (Phi) is 3.84. The van der Waals surface area contributed by atoms with E-state index < -0.39 is 0 Å². The van der Waals surface area contributed by atoms with Crippen LogP contribution in [0.4, 0.5) is 0 Å². The van der Waals surface area contributed by atoms with E-state index in [1.54, 1.807) is 0 Å². The number of likely N-dealkylation sites (tertiary alicyclic amines) is 1. The number of esters is 1. The van der Waals surface area contributed by atoms with E-state index in [0.717, 1.165) is 17.6 Å². The first kappa shape index (κ1) is 12.6. The van der Waals surface area contributed by atoms with Crippen LogP contribution in [0.2, 0.25) is 0 Å². The first-order valence-corrected chi connectivity index (χ1v) is 6.43. The molecule has 92 valence electrons. The summed E-state index contributed by atoms with van der Waals surface area (Å²) in [5, 5.41) is 0. The lowest BCUT2D eigenvalue weighted by Crippen LogP contribution is -2.23. The number of halogens is 1. The van der Waals surface area contributed by atoms with E-state index in [9.17, 15) is 4.79 Å². The monoisotopic (exact) mass is 297 g/mol. The van der Waals surface area contributed by atoms with Gasteiger partial charge in [-0.25, -0.2) is 0 Å². The second-order valence-corrected chi connectivity index (χ2v) is 5.43. The number of nitrogens with zero attached hydrogens (tertiary/aromatic N) is 1. The number of hydrogen-bond donors (Lipinski definition) is 0. The Morgan fingerprint density at radius 2 is 2.24 bits per heavy atom. The number of hydrogen-bond acceptors (Lipinski definition) is 3. The smallest absolute Gasteiger partial charge is 0.310 e. The highest BCUT2D eigenvalue weighted by atomic mass is 79.9. The molecule has 3 nitrogen and oxygen atoms in total. The van der Waals surface area contributed by atoms with Gasteiger partial charge in [0.2, 0.25) is 0 Å². The van der Waals surface area contributed by atoms with E-state index in [1.807, 2.05) is 19.2 Å². The molecule has 1 aromatic rings. The number of carbonyl (C=O) groups excluding carboxylic acids is 1. The minimum absolute atomic E-state index is 0.0562. The Balaban J connectivity index is 2.26. The molecular weight excluding hydrogens is 282 g/mol. The predicted octanol–water partition coefficient (Wildman–Crippen LogP) is 2.27. The van der Waals surface area contributed by atoms with E-state index in [4.69, 9.17) is 4.74 Å². The van der Waals surface area contributed by atoms with E-state index in [-0.39, 0.29) is 17.8 Å². The summed E-state index contributed by atoms with van der Waals surface area (Å²) >= 11 is 3.47. The maximum Gasteiger partial charge on any atom is 0.310 e. The molecule has 1 aliphatic heterocycles. The summed E-state index contributed by atoms with van der Waals surface area (Å²) in [6, 6.07) is 8.16. The molecule has 1 saturated heterocycles. The standard InChI is InChI=1S/C13H16BrNO2/c1-15-7-11(12(8-15)13(16)17-2)9-4-3-5-10(14)6-9/h3-6,11-12H,7-8H2,1-2H3/t11-,12-/m0/s1. The molecule has 0 spiro atoms. The number of ether oxygens (including phenoxy) is 1. The zero-order valence-electron chi connectivity index (χ0n) is 10.0. The van der Waals surface area contributed by atoms with Crippen LogP contribution in [0.15, 0.2) is 28.7 Å². The Morgan fingerprint density at radius 1 is 1.47 bits per heavy atom. The van der Waals surface area contributed by atoms with Gasteiger partial charge in [-0.05, 0) is 24.7 Å². The number of likely N-dealkylation sites (N-methyl/N-ethyl adjacent to an activating group) is 1. The fraction of sp³-hybridized carbons (Fsp3) is 0.462. The van der Waals surface area contributed by atoms with Crippen molar-refractivity contribution in [1.82, 2.24) is 4.90 Å².